The molecule has 1 N–H and O–H groups in total. The van der Waals surface area contributed by atoms with Crippen LogP contribution in [0.25, 0.3) is 0 Å². The van der Waals surface area contributed by atoms with Crippen molar-refractivity contribution < 1.29 is 9.13 Å². The fraction of sp³-hybridized carbons (Fsp3) is 0.538. The molecule has 0 spiro atoms. The van der Waals surface area contributed by atoms with Crippen LogP contribution in [-0.2, 0) is 0 Å². The van der Waals surface area contributed by atoms with Gasteiger partial charge in [0.1, 0.15) is 0 Å². The summed E-state index contributed by atoms with van der Waals surface area (Å²) in [6.45, 7) is 6.10. The quantitative estimate of drug-likeness (QED) is 0.853. The van der Waals surface area contributed by atoms with Gasteiger partial charge in [0, 0.05) is 36.9 Å². The van der Waals surface area contributed by atoms with Crippen molar-refractivity contribution in [3.63, 3.8) is 0 Å². The lowest BCUT2D eigenvalue weighted by Crippen LogP contribution is -2.54. The molecule has 94 valence electrons. The number of nitrogens with zero attached hydrogens (tertiary/aromatic N) is 1. The van der Waals surface area contributed by atoms with Crippen molar-refractivity contribution in [3.8, 4) is 5.75 Å². The van der Waals surface area contributed by atoms with E-state index in [1.54, 1.807) is 12.1 Å². The van der Waals surface area contributed by atoms with Crippen molar-refractivity contribution in [1.29, 1.82) is 0 Å². The highest BCUT2D eigenvalue weighted by atomic mass is 19.1. The third kappa shape index (κ3) is 2.52. The fourth-order valence-electron chi connectivity index (χ4n) is 2.22. The Kier molecular flexibility index (Phi) is 3.52. The fourth-order valence-corrected chi connectivity index (χ4v) is 2.22. The first-order chi connectivity index (χ1) is 8.11. The maximum atomic E-state index is 13.7. The van der Waals surface area contributed by atoms with Gasteiger partial charge in [-0.05, 0) is 26.0 Å². The molecule has 1 aliphatic heterocycles. The molecule has 3 nitrogen and oxygen atoms in total. The second-order valence-electron chi connectivity index (χ2n) is 4.63. The maximum Gasteiger partial charge on any atom is 0.167 e. The first-order valence-electron chi connectivity index (χ1n) is 5.95. The monoisotopic (exact) mass is 238 g/mol. The molecule has 1 fully saturated rings. The van der Waals surface area contributed by atoms with E-state index in [2.05, 4.69) is 24.1 Å². The van der Waals surface area contributed by atoms with Crippen LogP contribution in [0, 0.1) is 5.82 Å². The Morgan fingerprint density at radius 1 is 1.41 bits per heavy atom. The maximum absolute atomic E-state index is 13.7. The number of benzene rings is 1. The SMILES string of the molecule is COc1ccc(N2CC(C)NCC2C)cc1F. The number of halogens is 1. The Balaban J connectivity index is 2.23. The first-order valence-corrected chi connectivity index (χ1v) is 5.95. The minimum atomic E-state index is -0.302. The van der Waals surface area contributed by atoms with E-state index >= 15 is 0 Å². The van der Waals surface area contributed by atoms with Crippen LogP contribution in [0.5, 0.6) is 5.75 Å². The molecular formula is C13H19FN2O. The highest BCUT2D eigenvalue weighted by Crippen LogP contribution is 2.25. The lowest BCUT2D eigenvalue weighted by molar-refractivity contribution is 0.385. The molecule has 1 aromatic carbocycles. The van der Waals surface area contributed by atoms with Crippen molar-refractivity contribution in [2.24, 2.45) is 0 Å². The van der Waals surface area contributed by atoms with E-state index in [9.17, 15) is 4.39 Å². The second-order valence-corrected chi connectivity index (χ2v) is 4.63. The van der Waals surface area contributed by atoms with Crippen LogP contribution in [0.15, 0.2) is 18.2 Å². The van der Waals surface area contributed by atoms with Gasteiger partial charge in [-0.3, -0.25) is 0 Å². The van der Waals surface area contributed by atoms with Gasteiger partial charge in [-0.25, -0.2) is 4.39 Å². The topological polar surface area (TPSA) is 24.5 Å². The molecule has 0 aromatic heterocycles. The zero-order valence-electron chi connectivity index (χ0n) is 10.5. The van der Waals surface area contributed by atoms with Crippen LogP contribution < -0.4 is 15.0 Å². The molecule has 0 saturated carbocycles. The molecule has 0 amide bonds. The number of ether oxygens (including phenoxy) is 1. The van der Waals surface area contributed by atoms with E-state index in [1.807, 2.05) is 6.07 Å². The number of hydrogen-bond acceptors (Lipinski definition) is 3. The lowest BCUT2D eigenvalue weighted by atomic mass is 10.1. The summed E-state index contributed by atoms with van der Waals surface area (Å²) in [5.74, 6) is -0.00651. The third-order valence-corrected chi connectivity index (χ3v) is 3.23. The van der Waals surface area contributed by atoms with E-state index in [1.165, 1.54) is 7.11 Å². The largest absolute Gasteiger partial charge is 0.494 e. The zero-order valence-corrected chi connectivity index (χ0v) is 10.5. The molecule has 17 heavy (non-hydrogen) atoms. The van der Waals surface area contributed by atoms with Gasteiger partial charge in [-0.1, -0.05) is 0 Å². The van der Waals surface area contributed by atoms with Crippen molar-refractivity contribution >= 4 is 5.69 Å². The number of methoxy groups -OCH3 is 1. The number of piperazine rings is 1. The van der Waals surface area contributed by atoms with Crippen LogP contribution in [0.3, 0.4) is 0 Å². The Morgan fingerprint density at radius 3 is 2.82 bits per heavy atom. The molecule has 2 rings (SSSR count). The van der Waals surface area contributed by atoms with Gasteiger partial charge < -0.3 is 15.0 Å². The summed E-state index contributed by atoms with van der Waals surface area (Å²) < 4.78 is 18.6. The predicted molar refractivity (Wildman–Crippen MR) is 67.2 cm³/mol. The van der Waals surface area contributed by atoms with Gasteiger partial charge >= 0.3 is 0 Å². The Labute approximate surface area is 102 Å². The number of rotatable bonds is 2. The average molecular weight is 238 g/mol. The number of hydrogen-bond donors (Lipinski definition) is 1. The van der Waals surface area contributed by atoms with Crippen LogP contribution >= 0.6 is 0 Å². The Bertz CT molecular complexity index is 397. The summed E-state index contributed by atoms with van der Waals surface area (Å²) in [7, 11) is 1.48. The van der Waals surface area contributed by atoms with E-state index < -0.39 is 0 Å². The smallest absolute Gasteiger partial charge is 0.167 e. The lowest BCUT2D eigenvalue weighted by Gasteiger charge is -2.39. The minimum absolute atomic E-state index is 0.296. The molecule has 0 bridgehead atoms. The summed E-state index contributed by atoms with van der Waals surface area (Å²) >= 11 is 0. The van der Waals surface area contributed by atoms with E-state index in [-0.39, 0.29) is 5.82 Å². The van der Waals surface area contributed by atoms with Gasteiger partial charge in [-0.15, -0.1) is 0 Å². The molecule has 0 aliphatic carbocycles. The van der Waals surface area contributed by atoms with Crippen molar-refractivity contribution in [3.05, 3.63) is 24.0 Å². The summed E-state index contributed by atoms with van der Waals surface area (Å²) in [6.07, 6.45) is 0. The van der Waals surface area contributed by atoms with Gasteiger partial charge in [0.05, 0.1) is 7.11 Å². The molecule has 2 unspecified atom stereocenters. The molecule has 2 atom stereocenters. The van der Waals surface area contributed by atoms with Crippen molar-refractivity contribution in [2.45, 2.75) is 25.9 Å². The van der Waals surface area contributed by atoms with Gasteiger partial charge in [0.25, 0.3) is 0 Å². The van der Waals surface area contributed by atoms with E-state index in [4.69, 9.17) is 4.74 Å². The highest BCUT2D eigenvalue weighted by molar-refractivity contribution is 5.51. The van der Waals surface area contributed by atoms with Crippen LogP contribution in [0.1, 0.15) is 13.8 Å². The van der Waals surface area contributed by atoms with Crippen molar-refractivity contribution in [2.75, 3.05) is 25.1 Å². The zero-order chi connectivity index (χ0) is 12.4. The van der Waals surface area contributed by atoms with Crippen LogP contribution in [0.2, 0.25) is 0 Å². The third-order valence-electron chi connectivity index (χ3n) is 3.23. The molecule has 1 heterocycles. The molecule has 4 heteroatoms. The molecule has 0 radical (unpaired) electrons. The first kappa shape index (κ1) is 12.2. The molecule has 1 saturated heterocycles. The predicted octanol–water partition coefficient (Wildman–Crippen LogP) is 2.02. The highest BCUT2D eigenvalue weighted by Gasteiger charge is 2.23. The summed E-state index contributed by atoms with van der Waals surface area (Å²) in [5.41, 5.74) is 0.921. The second kappa shape index (κ2) is 4.92. The average Bonchev–Trinajstić information content (AvgIpc) is 2.32. The van der Waals surface area contributed by atoms with Gasteiger partial charge in [-0.2, -0.15) is 0 Å². The normalized spacial score (nSPS) is 24.8. The Morgan fingerprint density at radius 2 is 2.18 bits per heavy atom. The van der Waals surface area contributed by atoms with Crippen LogP contribution in [-0.4, -0.2) is 32.3 Å². The molecule has 1 aliphatic rings. The van der Waals surface area contributed by atoms with Gasteiger partial charge in [0.15, 0.2) is 11.6 Å². The van der Waals surface area contributed by atoms with Gasteiger partial charge in [0.2, 0.25) is 0 Å². The summed E-state index contributed by atoms with van der Waals surface area (Å²) in [6, 6.07) is 5.95. The standard InChI is InChI=1S/C13H19FN2O/c1-9-8-16(10(2)7-15-9)11-4-5-13(17-3)12(14)6-11/h4-6,9-10,15H,7-8H2,1-3H3. The molecule has 1 aromatic rings. The minimum Gasteiger partial charge on any atom is -0.494 e. The number of nitrogens with one attached hydrogen (secondary N) is 1. The number of anilines is 1. The van der Waals surface area contributed by atoms with Crippen LogP contribution in [0.4, 0.5) is 10.1 Å². The van der Waals surface area contributed by atoms with Crippen molar-refractivity contribution in [1.82, 2.24) is 5.32 Å². The Hall–Kier alpha value is -1.29. The molecular weight excluding hydrogens is 219 g/mol. The summed E-state index contributed by atoms with van der Waals surface area (Å²) in [5, 5.41) is 3.41. The van der Waals surface area contributed by atoms with E-state index in [0.717, 1.165) is 18.8 Å². The van der Waals surface area contributed by atoms with E-state index in [0.29, 0.717) is 17.8 Å². The summed E-state index contributed by atoms with van der Waals surface area (Å²) in [4.78, 5) is 2.23.